The third kappa shape index (κ3) is 5.18. The molecule has 3 heterocycles. The fourth-order valence-electron chi connectivity index (χ4n) is 3.42. The number of thiazole rings is 1. The molecule has 0 atom stereocenters. The summed E-state index contributed by atoms with van der Waals surface area (Å²) >= 11 is 3.10. The second kappa shape index (κ2) is 9.43. The van der Waals surface area contributed by atoms with Crippen molar-refractivity contribution in [2.75, 3.05) is 26.2 Å². The highest BCUT2D eigenvalue weighted by Crippen LogP contribution is 2.24. The molecule has 4 rings (SSSR count). The van der Waals surface area contributed by atoms with Crippen molar-refractivity contribution >= 4 is 34.4 Å². The molecule has 5 nitrogen and oxygen atoms in total. The van der Waals surface area contributed by atoms with Crippen LogP contribution in [0, 0.1) is 0 Å². The molecular formula is C22H23N3O2S2. The van der Waals surface area contributed by atoms with Gasteiger partial charge in [0.05, 0.1) is 10.6 Å². The molecule has 0 N–H and O–H groups in total. The molecule has 0 radical (unpaired) electrons. The van der Waals surface area contributed by atoms with Gasteiger partial charge < -0.3 is 4.90 Å². The number of benzene rings is 1. The Kier molecular flexibility index (Phi) is 6.49. The molecule has 29 heavy (non-hydrogen) atoms. The van der Waals surface area contributed by atoms with Gasteiger partial charge in [0.1, 0.15) is 5.01 Å². The zero-order valence-electron chi connectivity index (χ0n) is 16.1. The van der Waals surface area contributed by atoms with Crippen LogP contribution in [0.3, 0.4) is 0 Å². The minimum absolute atomic E-state index is 0.0599. The molecule has 0 unspecified atom stereocenters. The van der Waals surface area contributed by atoms with Gasteiger partial charge in [-0.2, -0.15) is 0 Å². The number of hydrogen-bond acceptors (Lipinski definition) is 6. The second-order valence-electron chi connectivity index (χ2n) is 7.07. The lowest BCUT2D eigenvalue weighted by atomic mass is 10.1. The van der Waals surface area contributed by atoms with Crippen molar-refractivity contribution in [3.05, 3.63) is 63.8 Å². The number of piperazine rings is 1. The molecule has 0 spiro atoms. The van der Waals surface area contributed by atoms with E-state index in [0.717, 1.165) is 40.8 Å². The van der Waals surface area contributed by atoms with E-state index in [1.54, 1.807) is 11.3 Å². The van der Waals surface area contributed by atoms with E-state index in [9.17, 15) is 9.59 Å². The summed E-state index contributed by atoms with van der Waals surface area (Å²) in [5.41, 5.74) is 2.23. The maximum atomic E-state index is 12.4. The van der Waals surface area contributed by atoms with Gasteiger partial charge in [-0.15, -0.1) is 22.7 Å². The number of carbonyl (C=O) groups is 2. The normalized spacial score (nSPS) is 14.8. The second-order valence-corrected chi connectivity index (χ2v) is 8.87. The lowest BCUT2D eigenvalue weighted by molar-refractivity contribution is -0.133. The summed E-state index contributed by atoms with van der Waals surface area (Å²) in [6, 6.07) is 13.9. The van der Waals surface area contributed by atoms with Crippen LogP contribution >= 0.6 is 22.7 Å². The van der Waals surface area contributed by atoms with Crippen molar-refractivity contribution in [1.29, 1.82) is 0 Å². The number of thiophene rings is 1. The van der Waals surface area contributed by atoms with E-state index in [0.29, 0.717) is 25.9 Å². The Hall–Kier alpha value is -2.35. The molecule has 1 fully saturated rings. The molecule has 3 aromatic rings. The van der Waals surface area contributed by atoms with Crippen molar-refractivity contribution in [2.24, 2.45) is 0 Å². The SMILES string of the molecule is O=C(CCC(=O)N1CCN(Cc2csc(-c3ccccc3)n2)CC1)c1cccs1. The van der Waals surface area contributed by atoms with E-state index in [4.69, 9.17) is 4.98 Å². The Morgan fingerprint density at radius 2 is 1.72 bits per heavy atom. The van der Waals surface area contributed by atoms with Crippen molar-refractivity contribution < 1.29 is 9.59 Å². The Labute approximate surface area is 178 Å². The molecule has 0 aliphatic carbocycles. The van der Waals surface area contributed by atoms with Crippen molar-refractivity contribution in [1.82, 2.24) is 14.8 Å². The maximum absolute atomic E-state index is 12.4. The van der Waals surface area contributed by atoms with Gasteiger partial charge in [-0.25, -0.2) is 4.98 Å². The summed E-state index contributed by atoms with van der Waals surface area (Å²) in [6.07, 6.45) is 0.587. The van der Waals surface area contributed by atoms with Crippen LogP contribution in [-0.4, -0.2) is 52.7 Å². The summed E-state index contributed by atoms with van der Waals surface area (Å²) < 4.78 is 0. The highest BCUT2D eigenvalue weighted by molar-refractivity contribution is 7.13. The molecule has 2 aromatic heterocycles. The smallest absolute Gasteiger partial charge is 0.223 e. The zero-order chi connectivity index (χ0) is 20.1. The van der Waals surface area contributed by atoms with Crippen molar-refractivity contribution in [2.45, 2.75) is 19.4 Å². The van der Waals surface area contributed by atoms with Gasteiger partial charge in [-0.1, -0.05) is 36.4 Å². The Bertz CT molecular complexity index is 946. The summed E-state index contributed by atoms with van der Waals surface area (Å²) in [5.74, 6) is 0.138. The van der Waals surface area contributed by atoms with E-state index < -0.39 is 0 Å². The molecule has 1 aliphatic heterocycles. The largest absolute Gasteiger partial charge is 0.340 e. The molecule has 0 bridgehead atoms. The van der Waals surface area contributed by atoms with Gasteiger partial charge in [0.2, 0.25) is 5.91 Å². The van der Waals surface area contributed by atoms with Crippen LogP contribution in [-0.2, 0) is 11.3 Å². The number of amides is 1. The van der Waals surface area contributed by atoms with Crippen LogP contribution in [0.2, 0.25) is 0 Å². The Balaban J connectivity index is 1.23. The van der Waals surface area contributed by atoms with Gasteiger partial charge >= 0.3 is 0 Å². The molecule has 7 heteroatoms. The molecule has 1 amide bonds. The number of Topliss-reactive ketones (excluding diaryl/α,β-unsaturated/α-hetero) is 1. The quantitative estimate of drug-likeness (QED) is 0.533. The first kappa shape index (κ1) is 19.9. The number of carbonyl (C=O) groups excluding carboxylic acids is 2. The molecule has 1 aromatic carbocycles. The molecule has 0 saturated carbocycles. The Morgan fingerprint density at radius 3 is 2.45 bits per heavy atom. The van der Waals surface area contributed by atoms with Crippen molar-refractivity contribution in [3.8, 4) is 10.6 Å². The lowest BCUT2D eigenvalue weighted by Gasteiger charge is -2.34. The number of hydrogen-bond donors (Lipinski definition) is 0. The van der Waals surface area contributed by atoms with Crippen LogP contribution in [0.1, 0.15) is 28.2 Å². The molecular weight excluding hydrogens is 402 g/mol. The van der Waals surface area contributed by atoms with Crippen LogP contribution in [0.25, 0.3) is 10.6 Å². The average Bonchev–Trinajstić information content (AvgIpc) is 3.45. The third-order valence-electron chi connectivity index (χ3n) is 5.05. The van der Waals surface area contributed by atoms with Gasteiger partial charge in [0, 0.05) is 56.5 Å². The molecule has 150 valence electrons. The summed E-state index contributed by atoms with van der Waals surface area (Å²) in [5, 5.41) is 5.06. The van der Waals surface area contributed by atoms with Crippen LogP contribution in [0.5, 0.6) is 0 Å². The first-order valence-electron chi connectivity index (χ1n) is 9.76. The van der Waals surface area contributed by atoms with Crippen molar-refractivity contribution in [3.63, 3.8) is 0 Å². The number of nitrogens with zero attached hydrogens (tertiary/aromatic N) is 3. The van der Waals surface area contributed by atoms with E-state index >= 15 is 0 Å². The fourth-order valence-corrected chi connectivity index (χ4v) is 4.93. The Morgan fingerprint density at radius 1 is 0.931 bits per heavy atom. The van der Waals surface area contributed by atoms with Gasteiger partial charge in [-0.3, -0.25) is 14.5 Å². The minimum atomic E-state index is 0.0599. The van der Waals surface area contributed by atoms with Gasteiger partial charge in [0.25, 0.3) is 0 Å². The average molecular weight is 426 g/mol. The highest BCUT2D eigenvalue weighted by atomic mass is 32.1. The third-order valence-corrected chi connectivity index (χ3v) is 6.90. The summed E-state index contributed by atoms with van der Waals surface area (Å²) in [6.45, 7) is 3.90. The zero-order valence-corrected chi connectivity index (χ0v) is 17.8. The van der Waals surface area contributed by atoms with E-state index in [1.807, 2.05) is 40.6 Å². The predicted molar refractivity (Wildman–Crippen MR) is 117 cm³/mol. The first-order chi connectivity index (χ1) is 14.2. The number of ketones is 1. The van der Waals surface area contributed by atoms with E-state index in [1.165, 1.54) is 11.3 Å². The standard InChI is InChI=1S/C22H23N3O2S2/c26-19(20-7-4-14-28-20)8-9-21(27)25-12-10-24(11-13-25)15-18-16-29-22(23-18)17-5-2-1-3-6-17/h1-7,14,16H,8-13,15H2. The summed E-state index contributed by atoms with van der Waals surface area (Å²) in [7, 11) is 0. The predicted octanol–water partition coefficient (Wildman–Crippen LogP) is 4.18. The van der Waals surface area contributed by atoms with E-state index in [2.05, 4.69) is 22.4 Å². The number of rotatable bonds is 7. The van der Waals surface area contributed by atoms with Gasteiger partial charge in [0.15, 0.2) is 5.78 Å². The monoisotopic (exact) mass is 425 g/mol. The van der Waals surface area contributed by atoms with E-state index in [-0.39, 0.29) is 11.7 Å². The molecule has 1 saturated heterocycles. The van der Waals surface area contributed by atoms with Crippen LogP contribution < -0.4 is 0 Å². The first-order valence-corrected chi connectivity index (χ1v) is 11.5. The fraction of sp³-hybridized carbons (Fsp3) is 0.318. The summed E-state index contributed by atoms with van der Waals surface area (Å²) in [4.78, 5) is 34.2. The van der Waals surface area contributed by atoms with Gasteiger partial charge in [-0.05, 0) is 11.4 Å². The minimum Gasteiger partial charge on any atom is -0.340 e. The van der Waals surface area contributed by atoms with Crippen LogP contribution in [0.4, 0.5) is 0 Å². The molecule has 1 aliphatic rings. The number of aromatic nitrogens is 1. The highest BCUT2D eigenvalue weighted by Gasteiger charge is 2.22. The topological polar surface area (TPSA) is 53.5 Å². The maximum Gasteiger partial charge on any atom is 0.223 e. The van der Waals surface area contributed by atoms with Crippen LogP contribution in [0.15, 0.2) is 53.2 Å². The lowest BCUT2D eigenvalue weighted by Crippen LogP contribution is -2.48.